The van der Waals surface area contributed by atoms with E-state index < -0.39 is 0 Å². The summed E-state index contributed by atoms with van der Waals surface area (Å²) in [5, 5.41) is 3.28. The summed E-state index contributed by atoms with van der Waals surface area (Å²) in [6.07, 6.45) is 3.87. The number of aromatic nitrogens is 1. The van der Waals surface area contributed by atoms with Crippen LogP contribution in [0.2, 0.25) is 0 Å². The van der Waals surface area contributed by atoms with Gasteiger partial charge >= 0.3 is 0 Å². The molecule has 2 aromatic rings. The number of nitrogens with two attached hydrogens (primary N) is 1. The average molecular weight is 247 g/mol. The van der Waals surface area contributed by atoms with E-state index in [-0.39, 0.29) is 5.91 Å². The molecule has 0 atom stereocenters. The van der Waals surface area contributed by atoms with E-state index in [1.165, 1.54) is 18.3 Å². The zero-order valence-electron chi connectivity index (χ0n) is 9.43. The Morgan fingerprint density at radius 1 is 1.59 bits per heavy atom. The molecule has 0 aliphatic rings. The Hall–Kier alpha value is -1.88. The fraction of sp³-hybridized carbons (Fsp3) is 0.167. The summed E-state index contributed by atoms with van der Waals surface area (Å²) in [6.45, 7) is 2.04. The summed E-state index contributed by atoms with van der Waals surface area (Å²) in [5.74, 6) is -0.0275. The Balaban J connectivity index is 2.10. The summed E-state index contributed by atoms with van der Waals surface area (Å²) in [7, 11) is 0. The minimum atomic E-state index is -0.0275. The summed E-state index contributed by atoms with van der Waals surface area (Å²) >= 11 is 1.47. The normalized spacial score (nSPS) is 11.1. The van der Waals surface area contributed by atoms with Gasteiger partial charge in [-0.3, -0.25) is 4.79 Å². The lowest BCUT2D eigenvalue weighted by molar-refractivity contribution is -0.118. The lowest BCUT2D eigenvalue weighted by Gasteiger charge is -1.95. The smallest absolute Gasteiger partial charge is 0.217 e. The Morgan fingerprint density at radius 2 is 2.41 bits per heavy atom. The lowest BCUT2D eigenvalue weighted by atomic mass is 10.2. The van der Waals surface area contributed by atoms with Gasteiger partial charge < -0.3 is 11.1 Å². The fourth-order valence-corrected chi connectivity index (χ4v) is 2.24. The number of rotatable bonds is 3. The minimum absolute atomic E-state index is 0.0275. The molecule has 0 spiro atoms. The Morgan fingerprint density at radius 3 is 3.18 bits per heavy atom. The van der Waals surface area contributed by atoms with Crippen molar-refractivity contribution in [2.45, 2.75) is 6.92 Å². The summed E-state index contributed by atoms with van der Waals surface area (Å²) in [6, 6.07) is 5.96. The molecule has 17 heavy (non-hydrogen) atoms. The second-order valence-corrected chi connectivity index (χ2v) is 4.68. The Labute approximate surface area is 103 Å². The molecule has 5 heteroatoms. The van der Waals surface area contributed by atoms with Crippen LogP contribution in [0.1, 0.15) is 12.5 Å². The van der Waals surface area contributed by atoms with E-state index in [9.17, 15) is 4.79 Å². The standard InChI is InChI=1S/C12H13N3OS/c1-8(16)14-6-2-3-9-4-5-10-11(7-9)17-12(13)15-10/h2-5,7H,6H2,1H3,(H2,13,15)(H,14,16). The van der Waals surface area contributed by atoms with Gasteiger partial charge in [0.2, 0.25) is 5.91 Å². The van der Waals surface area contributed by atoms with Crippen LogP contribution in [0.25, 0.3) is 16.3 Å². The zero-order valence-corrected chi connectivity index (χ0v) is 10.3. The molecule has 0 fully saturated rings. The highest BCUT2D eigenvalue weighted by Gasteiger charge is 2.00. The first-order valence-electron chi connectivity index (χ1n) is 5.22. The number of hydrogen-bond acceptors (Lipinski definition) is 4. The van der Waals surface area contributed by atoms with Crippen molar-refractivity contribution in [3.05, 3.63) is 29.8 Å². The summed E-state index contributed by atoms with van der Waals surface area (Å²) in [5.41, 5.74) is 7.64. The maximum atomic E-state index is 10.7. The van der Waals surface area contributed by atoms with E-state index in [4.69, 9.17) is 5.73 Å². The van der Waals surface area contributed by atoms with Crippen molar-refractivity contribution in [2.75, 3.05) is 12.3 Å². The van der Waals surface area contributed by atoms with Crippen LogP contribution in [-0.2, 0) is 4.79 Å². The summed E-state index contributed by atoms with van der Waals surface area (Å²) < 4.78 is 1.07. The molecular weight excluding hydrogens is 234 g/mol. The van der Waals surface area contributed by atoms with Crippen LogP contribution in [0.15, 0.2) is 24.3 Å². The number of nitrogens with one attached hydrogen (secondary N) is 1. The van der Waals surface area contributed by atoms with Gasteiger partial charge in [-0.1, -0.05) is 29.6 Å². The molecule has 3 N–H and O–H groups in total. The molecule has 0 aliphatic carbocycles. The number of fused-ring (bicyclic) bond motifs is 1. The molecule has 0 radical (unpaired) electrons. The van der Waals surface area contributed by atoms with Gasteiger partial charge in [0, 0.05) is 13.5 Å². The minimum Gasteiger partial charge on any atom is -0.375 e. The molecule has 4 nitrogen and oxygen atoms in total. The molecule has 1 heterocycles. The van der Waals surface area contributed by atoms with Crippen molar-refractivity contribution in [1.29, 1.82) is 0 Å². The number of carbonyl (C=O) groups excluding carboxylic acids is 1. The highest BCUT2D eigenvalue weighted by molar-refractivity contribution is 7.22. The molecule has 0 saturated carbocycles. The monoisotopic (exact) mass is 247 g/mol. The molecule has 88 valence electrons. The van der Waals surface area contributed by atoms with Crippen molar-refractivity contribution in [1.82, 2.24) is 10.3 Å². The molecule has 0 bridgehead atoms. The number of anilines is 1. The molecule has 2 rings (SSSR count). The second kappa shape index (κ2) is 4.97. The van der Waals surface area contributed by atoms with Crippen LogP contribution in [0.5, 0.6) is 0 Å². The van der Waals surface area contributed by atoms with Gasteiger partial charge in [0.1, 0.15) is 0 Å². The van der Waals surface area contributed by atoms with Gasteiger partial charge in [-0.25, -0.2) is 4.98 Å². The first kappa shape index (κ1) is 11.6. The maximum absolute atomic E-state index is 10.7. The molecular formula is C12H13N3OS. The van der Waals surface area contributed by atoms with Crippen LogP contribution in [-0.4, -0.2) is 17.4 Å². The average Bonchev–Trinajstić information content (AvgIpc) is 2.63. The van der Waals surface area contributed by atoms with Crippen molar-refractivity contribution in [3.63, 3.8) is 0 Å². The molecule has 0 aliphatic heterocycles. The van der Waals surface area contributed by atoms with E-state index in [0.29, 0.717) is 11.7 Å². The number of hydrogen-bond donors (Lipinski definition) is 2. The SMILES string of the molecule is CC(=O)NCC=Cc1ccc2nc(N)sc2c1. The molecule has 1 amide bonds. The summed E-state index contributed by atoms with van der Waals surface area (Å²) in [4.78, 5) is 14.9. The number of nitrogen functional groups attached to an aromatic ring is 1. The maximum Gasteiger partial charge on any atom is 0.217 e. The Bertz CT molecular complexity index is 574. The van der Waals surface area contributed by atoms with E-state index in [1.807, 2.05) is 30.4 Å². The van der Waals surface area contributed by atoms with Gasteiger partial charge in [0.25, 0.3) is 0 Å². The molecule has 0 saturated heterocycles. The fourth-order valence-electron chi connectivity index (χ4n) is 1.46. The highest BCUT2D eigenvalue weighted by Crippen LogP contribution is 2.24. The van der Waals surface area contributed by atoms with Crippen molar-refractivity contribution in [2.24, 2.45) is 0 Å². The van der Waals surface area contributed by atoms with E-state index in [2.05, 4.69) is 10.3 Å². The largest absolute Gasteiger partial charge is 0.375 e. The van der Waals surface area contributed by atoms with Crippen LogP contribution in [0.4, 0.5) is 5.13 Å². The predicted octanol–water partition coefficient (Wildman–Crippen LogP) is 2.03. The first-order valence-corrected chi connectivity index (χ1v) is 6.04. The predicted molar refractivity (Wildman–Crippen MR) is 71.8 cm³/mol. The zero-order chi connectivity index (χ0) is 12.3. The van der Waals surface area contributed by atoms with Crippen molar-refractivity contribution in [3.8, 4) is 0 Å². The Kier molecular flexibility index (Phi) is 3.39. The molecule has 0 unspecified atom stereocenters. The van der Waals surface area contributed by atoms with Crippen LogP contribution < -0.4 is 11.1 Å². The van der Waals surface area contributed by atoms with Gasteiger partial charge in [-0.2, -0.15) is 0 Å². The quantitative estimate of drug-likeness (QED) is 0.872. The lowest BCUT2D eigenvalue weighted by Crippen LogP contribution is -2.19. The van der Waals surface area contributed by atoms with Crippen LogP contribution in [0.3, 0.4) is 0 Å². The number of carbonyl (C=O) groups is 1. The molecule has 1 aromatic carbocycles. The van der Waals surface area contributed by atoms with Crippen LogP contribution >= 0.6 is 11.3 Å². The van der Waals surface area contributed by atoms with Gasteiger partial charge in [0.05, 0.1) is 10.2 Å². The number of thiazole rings is 1. The number of nitrogens with zero attached hydrogens (tertiary/aromatic N) is 1. The van der Waals surface area contributed by atoms with E-state index in [0.717, 1.165) is 15.8 Å². The van der Waals surface area contributed by atoms with Crippen molar-refractivity contribution >= 4 is 38.7 Å². The van der Waals surface area contributed by atoms with Gasteiger partial charge in [0.15, 0.2) is 5.13 Å². The number of benzene rings is 1. The van der Waals surface area contributed by atoms with Crippen LogP contribution in [0, 0.1) is 0 Å². The molecule has 1 aromatic heterocycles. The van der Waals surface area contributed by atoms with E-state index in [1.54, 1.807) is 0 Å². The third kappa shape index (κ3) is 3.04. The number of amides is 1. The first-order chi connectivity index (χ1) is 8.15. The second-order valence-electron chi connectivity index (χ2n) is 3.62. The van der Waals surface area contributed by atoms with Gasteiger partial charge in [-0.15, -0.1) is 0 Å². The van der Waals surface area contributed by atoms with Crippen molar-refractivity contribution < 1.29 is 4.79 Å². The highest BCUT2D eigenvalue weighted by atomic mass is 32.1. The topological polar surface area (TPSA) is 68.0 Å². The van der Waals surface area contributed by atoms with E-state index >= 15 is 0 Å². The van der Waals surface area contributed by atoms with Gasteiger partial charge in [-0.05, 0) is 17.7 Å². The third-order valence-electron chi connectivity index (χ3n) is 2.21. The third-order valence-corrected chi connectivity index (χ3v) is 3.06.